The molecule has 0 aromatic rings. The van der Waals surface area contributed by atoms with E-state index in [4.69, 9.17) is 10.2 Å². The molecule has 0 amide bonds. The first kappa shape index (κ1) is 11.0. The molecule has 3 atom stereocenters. The molecule has 4 nitrogen and oxygen atoms in total. The molecule has 0 saturated heterocycles. The van der Waals surface area contributed by atoms with E-state index in [1.165, 1.54) is 0 Å². The highest BCUT2D eigenvalue weighted by molar-refractivity contribution is 5.83. The standard InChI is InChI=1S/C10H16O4/c1-6-3-4-10(2,9(13)14)7(5-6)8(11)12/h6-7H,3-5H2,1-2H3,(H,11,12)(H,13,14). The van der Waals surface area contributed by atoms with Crippen LogP contribution in [-0.2, 0) is 9.59 Å². The van der Waals surface area contributed by atoms with Crippen molar-refractivity contribution in [1.82, 2.24) is 0 Å². The molecule has 80 valence electrons. The largest absolute Gasteiger partial charge is 0.481 e. The van der Waals surface area contributed by atoms with E-state index in [0.29, 0.717) is 18.8 Å². The van der Waals surface area contributed by atoms with E-state index in [-0.39, 0.29) is 0 Å². The zero-order chi connectivity index (χ0) is 10.9. The second-order valence-corrected chi connectivity index (χ2v) is 4.49. The average Bonchev–Trinajstić information content (AvgIpc) is 2.08. The number of aliphatic carboxylic acids is 2. The highest BCUT2D eigenvalue weighted by atomic mass is 16.4. The van der Waals surface area contributed by atoms with Crippen LogP contribution in [0.1, 0.15) is 33.1 Å². The molecule has 0 aromatic heterocycles. The Morgan fingerprint density at radius 2 is 1.93 bits per heavy atom. The van der Waals surface area contributed by atoms with Crippen LogP contribution < -0.4 is 0 Å². The molecule has 1 saturated carbocycles. The number of carboxylic acid groups (broad SMARTS) is 2. The molecule has 3 unspecified atom stereocenters. The Kier molecular flexibility index (Phi) is 2.83. The zero-order valence-electron chi connectivity index (χ0n) is 8.49. The van der Waals surface area contributed by atoms with Crippen LogP contribution in [0.3, 0.4) is 0 Å². The van der Waals surface area contributed by atoms with Crippen molar-refractivity contribution in [3.05, 3.63) is 0 Å². The van der Waals surface area contributed by atoms with Crippen molar-refractivity contribution >= 4 is 11.9 Å². The van der Waals surface area contributed by atoms with E-state index in [1.54, 1.807) is 6.92 Å². The molecule has 0 aromatic carbocycles. The third-order valence-corrected chi connectivity index (χ3v) is 3.35. The second-order valence-electron chi connectivity index (χ2n) is 4.49. The fourth-order valence-corrected chi connectivity index (χ4v) is 2.13. The van der Waals surface area contributed by atoms with Gasteiger partial charge in [0.05, 0.1) is 11.3 Å². The number of hydrogen-bond donors (Lipinski definition) is 2. The molecule has 1 fully saturated rings. The minimum atomic E-state index is -1.08. The van der Waals surface area contributed by atoms with Crippen LogP contribution in [0.25, 0.3) is 0 Å². The van der Waals surface area contributed by atoms with E-state index in [2.05, 4.69) is 0 Å². The number of rotatable bonds is 2. The molecular weight excluding hydrogens is 184 g/mol. The Labute approximate surface area is 82.9 Å². The number of hydrogen-bond acceptors (Lipinski definition) is 2. The van der Waals surface area contributed by atoms with Gasteiger partial charge in [0, 0.05) is 0 Å². The highest BCUT2D eigenvalue weighted by Crippen LogP contribution is 2.43. The Morgan fingerprint density at radius 1 is 1.36 bits per heavy atom. The quantitative estimate of drug-likeness (QED) is 0.710. The maximum atomic E-state index is 11.0. The summed E-state index contributed by atoms with van der Waals surface area (Å²) in [5.74, 6) is -2.41. The predicted molar refractivity (Wildman–Crippen MR) is 49.9 cm³/mol. The van der Waals surface area contributed by atoms with Crippen molar-refractivity contribution in [3.63, 3.8) is 0 Å². The number of carbonyl (C=O) groups is 2. The summed E-state index contributed by atoms with van der Waals surface area (Å²) in [6, 6.07) is 0. The van der Waals surface area contributed by atoms with E-state index in [1.807, 2.05) is 6.92 Å². The molecule has 4 heteroatoms. The van der Waals surface area contributed by atoms with E-state index >= 15 is 0 Å². The first-order valence-electron chi connectivity index (χ1n) is 4.84. The summed E-state index contributed by atoms with van der Waals surface area (Å²) >= 11 is 0. The highest BCUT2D eigenvalue weighted by Gasteiger charge is 2.48. The van der Waals surface area contributed by atoms with Gasteiger partial charge in [0.1, 0.15) is 0 Å². The van der Waals surface area contributed by atoms with Gasteiger partial charge in [-0.05, 0) is 32.1 Å². The second kappa shape index (κ2) is 3.59. The van der Waals surface area contributed by atoms with Crippen LogP contribution in [0.2, 0.25) is 0 Å². The molecule has 1 aliphatic rings. The molecule has 2 N–H and O–H groups in total. The third kappa shape index (κ3) is 1.74. The number of carboxylic acids is 2. The summed E-state index contributed by atoms with van der Waals surface area (Å²) in [7, 11) is 0. The summed E-state index contributed by atoms with van der Waals surface area (Å²) in [4.78, 5) is 22.0. The lowest BCUT2D eigenvalue weighted by Crippen LogP contribution is -2.44. The summed E-state index contributed by atoms with van der Waals surface area (Å²) in [6.45, 7) is 3.51. The van der Waals surface area contributed by atoms with Gasteiger partial charge in [-0.3, -0.25) is 9.59 Å². The monoisotopic (exact) mass is 200 g/mol. The topological polar surface area (TPSA) is 74.6 Å². The zero-order valence-corrected chi connectivity index (χ0v) is 8.49. The molecule has 0 radical (unpaired) electrons. The van der Waals surface area contributed by atoms with Gasteiger partial charge < -0.3 is 10.2 Å². The van der Waals surface area contributed by atoms with Crippen LogP contribution in [0.15, 0.2) is 0 Å². The summed E-state index contributed by atoms with van der Waals surface area (Å²) in [6.07, 6.45) is 1.73. The molecule has 1 rings (SSSR count). The third-order valence-electron chi connectivity index (χ3n) is 3.35. The van der Waals surface area contributed by atoms with Crippen molar-refractivity contribution in [1.29, 1.82) is 0 Å². The van der Waals surface area contributed by atoms with Gasteiger partial charge >= 0.3 is 11.9 Å². The van der Waals surface area contributed by atoms with Crippen molar-refractivity contribution in [2.24, 2.45) is 17.3 Å². The summed E-state index contributed by atoms with van der Waals surface area (Å²) in [5, 5.41) is 18.0. The van der Waals surface area contributed by atoms with Gasteiger partial charge in [-0.1, -0.05) is 6.92 Å². The fourth-order valence-electron chi connectivity index (χ4n) is 2.13. The van der Waals surface area contributed by atoms with Gasteiger partial charge in [-0.15, -0.1) is 0 Å². The van der Waals surface area contributed by atoms with Crippen LogP contribution in [0.5, 0.6) is 0 Å². The van der Waals surface area contributed by atoms with Crippen LogP contribution in [-0.4, -0.2) is 22.2 Å². The van der Waals surface area contributed by atoms with Gasteiger partial charge in [0.25, 0.3) is 0 Å². The SMILES string of the molecule is CC1CCC(C)(C(=O)O)C(C(=O)O)C1. The smallest absolute Gasteiger partial charge is 0.310 e. The maximum Gasteiger partial charge on any atom is 0.310 e. The molecular formula is C10H16O4. The van der Waals surface area contributed by atoms with Crippen LogP contribution in [0, 0.1) is 17.3 Å². The fraction of sp³-hybridized carbons (Fsp3) is 0.800. The van der Waals surface area contributed by atoms with Gasteiger partial charge in [-0.2, -0.15) is 0 Å². The minimum Gasteiger partial charge on any atom is -0.481 e. The lowest BCUT2D eigenvalue weighted by Gasteiger charge is -2.37. The first-order valence-corrected chi connectivity index (χ1v) is 4.84. The Balaban J connectivity index is 2.93. The lowest BCUT2D eigenvalue weighted by molar-refractivity contribution is -0.165. The first-order chi connectivity index (χ1) is 6.38. The van der Waals surface area contributed by atoms with E-state index < -0.39 is 23.3 Å². The Bertz CT molecular complexity index is 261. The lowest BCUT2D eigenvalue weighted by atomic mass is 9.64. The van der Waals surface area contributed by atoms with Crippen molar-refractivity contribution in [2.75, 3.05) is 0 Å². The van der Waals surface area contributed by atoms with Crippen molar-refractivity contribution in [2.45, 2.75) is 33.1 Å². The van der Waals surface area contributed by atoms with Gasteiger partial charge in [-0.25, -0.2) is 0 Å². The van der Waals surface area contributed by atoms with Crippen molar-refractivity contribution in [3.8, 4) is 0 Å². The predicted octanol–water partition coefficient (Wildman–Crippen LogP) is 1.60. The average molecular weight is 200 g/mol. The molecule has 14 heavy (non-hydrogen) atoms. The molecule has 0 spiro atoms. The summed E-state index contributed by atoms with van der Waals surface area (Å²) < 4.78 is 0. The Hall–Kier alpha value is -1.06. The van der Waals surface area contributed by atoms with Crippen molar-refractivity contribution < 1.29 is 19.8 Å². The van der Waals surface area contributed by atoms with Gasteiger partial charge in [0.15, 0.2) is 0 Å². The van der Waals surface area contributed by atoms with E-state index in [9.17, 15) is 9.59 Å². The maximum absolute atomic E-state index is 11.0. The summed E-state index contributed by atoms with van der Waals surface area (Å²) in [5.41, 5.74) is -1.08. The minimum absolute atomic E-state index is 0.309. The normalized spacial score (nSPS) is 37.9. The molecule has 0 bridgehead atoms. The van der Waals surface area contributed by atoms with Gasteiger partial charge in [0.2, 0.25) is 0 Å². The van der Waals surface area contributed by atoms with Crippen LogP contribution >= 0.6 is 0 Å². The van der Waals surface area contributed by atoms with E-state index in [0.717, 1.165) is 6.42 Å². The molecule has 1 aliphatic carbocycles. The Morgan fingerprint density at radius 3 is 2.36 bits per heavy atom. The molecule has 0 heterocycles. The molecule has 0 aliphatic heterocycles. The van der Waals surface area contributed by atoms with Crippen LogP contribution in [0.4, 0.5) is 0 Å².